The Morgan fingerprint density at radius 2 is 2.00 bits per heavy atom. The van der Waals surface area contributed by atoms with Crippen molar-refractivity contribution in [3.05, 3.63) is 65.5 Å². The summed E-state index contributed by atoms with van der Waals surface area (Å²) in [6.07, 6.45) is 3.32. The third-order valence-corrected chi connectivity index (χ3v) is 6.47. The van der Waals surface area contributed by atoms with Crippen molar-refractivity contribution in [1.82, 2.24) is 14.8 Å². The molecule has 0 amide bonds. The molecular formula is C19H25N3O3S. The topological polar surface area (TPSA) is 71.5 Å². The predicted molar refractivity (Wildman–Crippen MR) is 101 cm³/mol. The van der Waals surface area contributed by atoms with Crippen LogP contribution in [0.15, 0.2) is 48.8 Å². The number of hydrogen-bond acceptors (Lipinski definition) is 5. The second-order valence-corrected chi connectivity index (χ2v) is 8.86. The van der Waals surface area contributed by atoms with Crippen molar-refractivity contribution in [2.24, 2.45) is 0 Å². The van der Waals surface area contributed by atoms with E-state index in [2.05, 4.69) is 35.7 Å². The number of rotatable bonds is 6. The number of pyridine rings is 1. The van der Waals surface area contributed by atoms with Crippen LogP contribution in [0.3, 0.4) is 0 Å². The summed E-state index contributed by atoms with van der Waals surface area (Å²) in [4.78, 5) is 9.56. The molecular weight excluding hydrogens is 350 g/mol. The first kappa shape index (κ1) is 19.0. The number of nitrogens with one attached hydrogen (secondary N) is 1. The fourth-order valence-electron chi connectivity index (χ4n) is 3.15. The lowest BCUT2D eigenvalue weighted by molar-refractivity contribution is -0.110. The van der Waals surface area contributed by atoms with E-state index in [1.54, 1.807) is 30.6 Å². The molecule has 1 aromatic heterocycles. The quantitative estimate of drug-likeness (QED) is 0.840. The van der Waals surface area contributed by atoms with E-state index in [0.717, 1.165) is 11.1 Å². The molecule has 140 valence electrons. The molecule has 2 unspecified atom stereocenters. The first-order valence-electron chi connectivity index (χ1n) is 8.71. The van der Waals surface area contributed by atoms with Gasteiger partial charge in [-0.25, -0.2) is 13.1 Å². The van der Waals surface area contributed by atoms with Crippen molar-refractivity contribution >= 4 is 10.0 Å². The molecule has 26 heavy (non-hydrogen) atoms. The Kier molecular flexibility index (Phi) is 5.72. The zero-order valence-corrected chi connectivity index (χ0v) is 16.1. The van der Waals surface area contributed by atoms with Crippen molar-refractivity contribution in [2.75, 3.05) is 13.7 Å². The van der Waals surface area contributed by atoms with Crippen LogP contribution < -0.4 is 4.72 Å². The largest absolute Gasteiger partial charge is 0.297 e. The minimum Gasteiger partial charge on any atom is -0.297 e. The molecule has 3 rings (SSSR count). The van der Waals surface area contributed by atoms with Crippen LogP contribution in [0.25, 0.3) is 0 Å². The van der Waals surface area contributed by atoms with Gasteiger partial charge in [-0.3, -0.25) is 9.82 Å². The fourth-order valence-corrected chi connectivity index (χ4v) is 4.64. The second-order valence-electron chi connectivity index (χ2n) is 6.87. The van der Waals surface area contributed by atoms with Gasteiger partial charge in [0.15, 0.2) is 0 Å². The number of hydrogen-bond donors (Lipinski definition) is 1. The van der Waals surface area contributed by atoms with Crippen LogP contribution in [0.4, 0.5) is 0 Å². The summed E-state index contributed by atoms with van der Waals surface area (Å²) in [6, 6.07) is 11.4. The fraction of sp³-hybridized carbons (Fsp3) is 0.421. The van der Waals surface area contributed by atoms with E-state index in [0.29, 0.717) is 5.92 Å². The third-order valence-electron chi connectivity index (χ3n) is 4.73. The molecule has 0 bridgehead atoms. The molecule has 1 aromatic carbocycles. The number of hydroxylamine groups is 2. The highest BCUT2D eigenvalue weighted by Crippen LogP contribution is 2.33. The van der Waals surface area contributed by atoms with Crippen LogP contribution in [0.1, 0.15) is 42.5 Å². The first-order valence-corrected chi connectivity index (χ1v) is 10.3. The van der Waals surface area contributed by atoms with E-state index in [1.165, 1.54) is 5.56 Å². The number of nitrogens with zero attached hydrogens (tertiary/aromatic N) is 2. The molecule has 0 radical (unpaired) electrons. The highest BCUT2D eigenvalue weighted by Gasteiger charge is 2.43. The SMILES string of the molecule is CC(C)c1ccc(C2C(S(=O)(=O)NCc3cccnc3)CON2C)cc1. The van der Waals surface area contributed by atoms with Crippen molar-refractivity contribution < 1.29 is 13.3 Å². The van der Waals surface area contributed by atoms with Crippen molar-refractivity contribution in [2.45, 2.75) is 37.6 Å². The van der Waals surface area contributed by atoms with E-state index >= 15 is 0 Å². The second kappa shape index (κ2) is 7.84. The van der Waals surface area contributed by atoms with Gasteiger partial charge in [0.25, 0.3) is 0 Å². The van der Waals surface area contributed by atoms with Gasteiger partial charge >= 0.3 is 0 Å². The summed E-state index contributed by atoms with van der Waals surface area (Å²) in [5.41, 5.74) is 2.98. The summed E-state index contributed by atoms with van der Waals surface area (Å²) in [7, 11) is -1.78. The lowest BCUT2D eigenvalue weighted by atomic mass is 9.98. The van der Waals surface area contributed by atoms with Gasteiger partial charge in [0.05, 0.1) is 12.6 Å². The monoisotopic (exact) mass is 375 g/mol. The lowest BCUT2D eigenvalue weighted by Gasteiger charge is -2.23. The molecule has 7 heteroatoms. The normalized spacial score (nSPS) is 21.4. The molecule has 2 heterocycles. The third kappa shape index (κ3) is 4.12. The maximum atomic E-state index is 12.9. The van der Waals surface area contributed by atoms with E-state index in [1.807, 2.05) is 18.2 Å². The number of sulfonamides is 1. The number of aromatic nitrogens is 1. The van der Waals surface area contributed by atoms with E-state index in [9.17, 15) is 8.42 Å². The van der Waals surface area contributed by atoms with Crippen LogP contribution in [0, 0.1) is 0 Å². The Bertz CT molecular complexity index is 823. The van der Waals surface area contributed by atoms with Gasteiger partial charge in [-0.2, -0.15) is 5.06 Å². The van der Waals surface area contributed by atoms with Crippen LogP contribution in [-0.2, 0) is 21.4 Å². The summed E-state index contributed by atoms with van der Waals surface area (Å²) >= 11 is 0. The molecule has 0 aliphatic carbocycles. The van der Waals surface area contributed by atoms with Gasteiger partial charge in [0.1, 0.15) is 5.25 Å². The first-order chi connectivity index (χ1) is 12.4. The Balaban J connectivity index is 1.78. The zero-order chi connectivity index (χ0) is 18.7. The molecule has 0 spiro atoms. The molecule has 1 aliphatic rings. The molecule has 2 aromatic rings. The van der Waals surface area contributed by atoms with Crippen LogP contribution >= 0.6 is 0 Å². The molecule has 1 fully saturated rings. The summed E-state index contributed by atoms with van der Waals surface area (Å²) in [5.74, 6) is 0.433. The van der Waals surface area contributed by atoms with Gasteiger partial charge in [0.2, 0.25) is 10.0 Å². The van der Waals surface area contributed by atoms with Crippen molar-refractivity contribution in [3.8, 4) is 0 Å². The van der Waals surface area contributed by atoms with Gasteiger partial charge in [0, 0.05) is 26.0 Å². The van der Waals surface area contributed by atoms with Crippen molar-refractivity contribution in [1.29, 1.82) is 0 Å². The Morgan fingerprint density at radius 3 is 2.62 bits per heavy atom. The molecule has 6 nitrogen and oxygen atoms in total. The van der Waals surface area contributed by atoms with Gasteiger partial charge in [-0.15, -0.1) is 0 Å². The van der Waals surface area contributed by atoms with Gasteiger partial charge in [-0.05, 0) is 28.7 Å². The summed E-state index contributed by atoms with van der Waals surface area (Å²) < 4.78 is 28.4. The van der Waals surface area contributed by atoms with Crippen molar-refractivity contribution in [3.63, 3.8) is 0 Å². The number of benzene rings is 1. The van der Waals surface area contributed by atoms with Gasteiger partial charge in [-0.1, -0.05) is 44.2 Å². The molecule has 1 aliphatic heterocycles. The van der Waals surface area contributed by atoms with Crippen LogP contribution in [-0.4, -0.2) is 37.4 Å². The maximum absolute atomic E-state index is 12.9. The Morgan fingerprint density at radius 1 is 1.27 bits per heavy atom. The minimum atomic E-state index is -3.56. The molecule has 0 saturated carbocycles. The van der Waals surface area contributed by atoms with Crippen LogP contribution in [0.5, 0.6) is 0 Å². The molecule has 1 N–H and O–H groups in total. The van der Waals surface area contributed by atoms with Crippen LogP contribution in [0.2, 0.25) is 0 Å². The van der Waals surface area contributed by atoms with E-state index in [-0.39, 0.29) is 19.2 Å². The zero-order valence-electron chi connectivity index (χ0n) is 15.3. The van der Waals surface area contributed by atoms with E-state index in [4.69, 9.17) is 4.84 Å². The molecule has 2 atom stereocenters. The highest BCUT2D eigenvalue weighted by molar-refractivity contribution is 7.90. The Hall–Kier alpha value is -1.80. The average Bonchev–Trinajstić information content (AvgIpc) is 3.03. The minimum absolute atomic E-state index is 0.134. The highest BCUT2D eigenvalue weighted by atomic mass is 32.2. The lowest BCUT2D eigenvalue weighted by Crippen LogP contribution is -2.39. The summed E-state index contributed by atoms with van der Waals surface area (Å²) in [6.45, 7) is 4.62. The maximum Gasteiger partial charge on any atom is 0.219 e. The van der Waals surface area contributed by atoms with Gasteiger partial charge < -0.3 is 0 Å². The summed E-state index contributed by atoms with van der Waals surface area (Å²) in [5, 5.41) is 0.965. The predicted octanol–water partition coefficient (Wildman–Crippen LogP) is 2.61. The molecule has 1 saturated heterocycles. The Labute approximate surface area is 155 Å². The smallest absolute Gasteiger partial charge is 0.219 e. The standard InChI is InChI=1S/C19H25N3O3S/c1-14(2)16-6-8-17(9-7-16)19-18(13-25-22(19)3)26(23,24)21-12-15-5-4-10-20-11-15/h4-11,14,18-19,21H,12-13H2,1-3H3. The average molecular weight is 375 g/mol. The van der Waals surface area contributed by atoms with E-state index < -0.39 is 15.3 Å².